The van der Waals surface area contributed by atoms with Gasteiger partial charge in [-0.25, -0.2) is 9.97 Å². The summed E-state index contributed by atoms with van der Waals surface area (Å²) in [5, 5.41) is 24.4. The Morgan fingerprint density at radius 2 is 1.77 bits per heavy atom. The number of Topliss-reactive ketones (excluding diaryl/α,β-unsaturated/α-hetero) is 1. The van der Waals surface area contributed by atoms with E-state index in [0.29, 0.717) is 47.4 Å². The number of nitrogens with zero attached hydrogens (tertiary/aromatic N) is 7. The minimum atomic E-state index is -0.282. The molecule has 6 heterocycles. The van der Waals surface area contributed by atoms with Gasteiger partial charge < -0.3 is 29.2 Å². The standard InChI is InChI=1S/C41H50N8O4/c1-24(2)38(26(4)50)36-20-37(47-53-36)52-23-27-9-11-30(12-10-27)48-16-13-28(14-17-48)29-21-42-41(43-22-29)49-18-15-33-39(25(49)3)32-19-34(45-46-40(32)44-33)31-7-5-6-8-35(31)51/h5-8,19-22,24-25,27-28,30,38,51H,9-18,23H2,1-4H3,(H,44,46)/t25-,27?,30?,38?/m0/s1. The number of ether oxygens (including phenoxy) is 1. The molecule has 278 valence electrons. The van der Waals surface area contributed by atoms with Crippen molar-refractivity contribution in [3.05, 3.63) is 71.4 Å². The molecule has 0 bridgehead atoms. The van der Waals surface area contributed by atoms with Crippen LogP contribution in [0.15, 0.2) is 53.3 Å². The molecule has 5 aromatic rings. The molecule has 0 radical (unpaired) electrons. The number of aromatic hydroxyl groups is 1. The van der Waals surface area contributed by atoms with Crippen molar-refractivity contribution in [1.82, 2.24) is 35.2 Å². The Morgan fingerprint density at radius 3 is 2.49 bits per heavy atom. The van der Waals surface area contributed by atoms with Gasteiger partial charge in [0, 0.05) is 59.7 Å². The Bertz CT molecular complexity index is 2040. The summed E-state index contributed by atoms with van der Waals surface area (Å²) in [6.45, 7) is 11.5. The molecular weight excluding hydrogens is 669 g/mol. The fraction of sp³-hybridized carbons (Fsp3) is 0.512. The van der Waals surface area contributed by atoms with Crippen LogP contribution in [-0.2, 0) is 11.2 Å². The highest BCUT2D eigenvalue weighted by Gasteiger charge is 2.33. The summed E-state index contributed by atoms with van der Waals surface area (Å²) < 4.78 is 11.5. The third-order valence-corrected chi connectivity index (χ3v) is 12.0. The van der Waals surface area contributed by atoms with Crippen LogP contribution in [-0.4, -0.2) is 78.4 Å². The minimum absolute atomic E-state index is 0.0510. The molecule has 4 aromatic heterocycles. The van der Waals surface area contributed by atoms with E-state index in [1.807, 2.05) is 44.4 Å². The molecule has 8 rings (SSSR count). The number of ketones is 1. The lowest BCUT2D eigenvalue weighted by molar-refractivity contribution is -0.119. The maximum absolute atomic E-state index is 12.1. The number of rotatable bonds is 10. The summed E-state index contributed by atoms with van der Waals surface area (Å²) in [6, 6.07) is 11.7. The van der Waals surface area contributed by atoms with Gasteiger partial charge in [-0.15, -0.1) is 10.2 Å². The first-order chi connectivity index (χ1) is 25.7. The van der Waals surface area contributed by atoms with Crippen molar-refractivity contribution in [2.24, 2.45) is 11.8 Å². The molecule has 2 atom stereocenters. The van der Waals surface area contributed by atoms with Crippen LogP contribution in [0.1, 0.15) is 107 Å². The van der Waals surface area contributed by atoms with Crippen molar-refractivity contribution in [3.63, 3.8) is 0 Å². The van der Waals surface area contributed by atoms with Gasteiger partial charge in [0.2, 0.25) is 5.95 Å². The highest BCUT2D eigenvalue weighted by Crippen LogP contribution is 2.39. The second kappa shape index (κ2) is 14.9. The van der Waals surface area contributed by atoms with Crippen LogP contribution >= 0.6 is 0 Å². The van der Waals surface area contributed by atoms with Gasteiger partial charge in [-0.05, 0) is 112 Å². The van der Waals surface area contributed by atoms with Crippen molar-refractivity contribution in [3.8, 4) is 22.9 Å². The van der Waals surface area contributed by atoms with Gasteiger partial charge in [-0.2, -0.15) is 0 Å². The van der Waals surface area contributed by atoms with E-state index in [2.05, 4.69) is 37.1 Å². The van der Waals surface area contributed by atoms with Crippen molar-refractivity contribution in [2.45, 2.75) is 96.6 Å². The first-order valence-corrected chi connectivity index (χ1v) is 19.3. The number of fused-ring (bicyclic) bond motifs is 3. The number of carbonyl (C=O) groups is 1. The molecule has 2 aliphatic heterocycles. The predicted molar refractivity (Wildman–Crippen MR) is 202 cm³/mol. The fourth-order valence-corrected chi connectivity index (χ4v) is 9.07. The average Bonchev–Trinajstić information content (AvgIpc) is 3.79. The van der Waals surface area contributed by atoms with Crippen molar-refractivity contribution in [2.75, 3.05) is 31.1 Å². The summed E-state index contributed by atoms with van der Waals surface area (Å²) in [5.41, 5.74) is 5.67. The number of phenolic OH excluding ortho intramolecular Hbond substituents is 1. The summed E-state index contributed by atoms with van der Waals surface area (Å²) in [6.07, 6.45) is 11.9. The Labute approximate surface area is 310 Å². The molecule has 2 fully saturated rings. The van der Waals surface area contributed by atoms with Gasteiger partial charge >= 0.3 is 0 Å². The minimum Gasteiger partial charge on any atom is -0.507 e. The molecule has 1 aliphatic carbocycles. The van der Waals surface area contributed by atoms with E-state index in [-0.39, 0.29) is 29.4 Å². The molecule has 12 nitrogen and oxygen atoms in total. The average molecular weight is 719 g/mol. The fourth-order valence-electron chi connectivity index (χ4n) is 9.07. The first-order valence-electron chi connectivity index (χ1n) is 19.3. The molecule has 1 aromatic carbocycles. The number of benzene rings is 1. The lowest BCUT2D eigenvalue weighted by atomic mass is 9.83. The zero-order valence-corrected chi connectivity index (χ0v) is 31.2. The van der Waals surface area contributed by atoms with Crippen molar-refractivity contribution >= 4 is 22.8 Å². The number of hydrogen-bond donors (Lipinski definition) is 2. The third kappa shape index (κ3) is 7.13. The third-order valence-electron chi connectivity index (χ3n) is 12.0. The normalized spacial score (nSPS) is 21.9. The van der Waals surface area contributed by atoms with E-state index >= 15 is 0 Å². The number of H-pyrrole nitrogens is 1. The zero-order valence-electron chi connectivity index (χ0n) is 31.2. The molecule has 2 N–H and O–H groups in total. The molecular formula is C41H50N8O4. The van der Waals surface area contributed by atoms with E-state index in [0.717, 1.165) is 68.7 Å². The molecule has 0 spiro atoms. The SMILES string of the molecule is CC(=O)C(c1cc(OCC2CCC(N3CCC(c4cnc(N5CCc6[nH]c7nnc(-c8ccccc8O)cc7c6[C@@H]5C)nc4)CC3)CC2)no1)C(C)C. The Kier molecular flexibility index (Phi) is 9.89. The summed E-state index contributed by atoms with van der Waals surface area (Å²) in [7, 11) is 0. The van der Waals surface area contributed by atoms with Crippen LogP contribution in [0, 0.1) is 11.8 Å². The van der Waals surface area contributed by atoms with Gasteiger partial charge in [-0.1, -0.05) is 26.0 Å². The number of hydrogen-bond acceptors (Lipinski definition) is 11. The van der Waals surface area contributed by atoms with Crippen LogP contribution in [0.3, 0.4) is 0 Å². The van der Waals surface area contributed by atoms with Crippen LogP contribution in [0.5, 0.6) is 11.6 Å². The van der Waals surface area contributed by atoms with Crippen molar-refractivity contribution < 1.29 is 19.2 Å². The molecule has 1 saturated carbocycles. The highest BCUT2D eigenvalue weighted by molar-refractivity contribution is 5.86. The monoisotopic (exact) mass is 718 g/mol. The summed E-state index contributed by atoms with van der Waals surface area (Å²) in [5.74, 6) is 2.96. The zero-order chi connectivity index (χ0) is 36.6. The number of carbonyl (C=O) groups excluding carboxylic acids is 1. The van der Waals surface area contributed by atoms with Gasteiger partial charge in [0.25, 0.3) is 5.88 Å². The second-order valence-electron chi connectivity index (χ2n) is 15.7. The molecule has 1 saturated heterocycles. The van der Waals surface area contributed by atoms with E-state index in [1.165, 1.54) is 29.7 Å². The first kappa shape index (κ1) is 35.2. The largest absolute Gasteiger partial charge is 0.507 e. The molecule has 53 heavy (non-hydrogen) atoms. The van der Waals surface area contributed by atoms with Crippen LogP contribution in [0.4, 0.5) is 5.95 Å². The number of likely N-dealkylation sites (tertiary alicyclic amines) is 1. The van der Waals surface area contributed by atoms with Gasteiger partial charge in [0.1, 0.15) is 11.5 Å². The Hall–Kier alpha value is -4.84. The lowest BCUT2D eigenvalue weighted by Gasteiger charge is -2.40. The molecule has 0 amide bonds. The van der Waals surface area contributed by atoms with Crippen LogP contribution in [0.2, 0.25) is 0 Å². The molecule has 3 aliphatic rings. The predicted octanol–water partition coefficient (Wildman–Crippen LogP) is 7.38. The van der Waals surface area contributed by atoms with Crippen LogP contribution < -0.4 is 9.64 Å². The van der Waals surface area contributed by atoms with Gasteiger partial charge in [0.15, 0.2) is 11.4 Å². The Morgan fingerprint density at radius 1 is 1.02 bits per heavy atom. The van der Waals surface area contributed by atoms with Gasteiger partial charge in [0.05, 0.1) is 24.3 Å². The van der Waals surface area contributed by atoms with E-state index in [1.54, 1.807) is 25.1 Å². The summed E-state index contributed by atoms with van der Waals surface area (Å²) in [4.78, 5) is 30.4. The van der Waals surface area contributed by atoms with E-state index in [9.17, 15) is 9.90 Å². The highest BCUT2D eigenvalue weighted by atomic mass is 16.5. The number of piperidine rings is 1. The van der Waals surface area contributed by atoms with Crippen molar-refractivity contribution in [1.29, 1.82) is 0 Å². The lowest BCUT2D eigenvalue weighted by Crippen LogP contribution is -2.43. The summed E-state index contributed by atoms with van der Waals surface area (Å²) >= 11 is 0. The molecule has 1 unspecified atom stereocenters. The number of nitrogens with one attached hydrogen (secondary N) is 1. The number of aromatic amines is 1. The number of para-hydroxylation sites is 1. The van der Waals surface area contributed by atoms with E-state index in [4.69, 9.17) is 19.2 Å². The number of anilines is 1. The smallest absolute Gasteiger partial charge is 0.254 e. The van der Waals surface area contributed by atoms with E-state index < -0.39 is 0 Å². The maximum Gasteiger partial charge on any atom is 0.254 e. The topological polar surface area (TPSA) is 146 Å². The van der Waals surface area contributed by atoms with Crippen LogP contribution in [0.25, 0.3) is 22.3 Å². The molecule has 12 heteroatoms. The Balaban J connectivity index is 0.832. The second-order valence-corrected chi connectivity index (χ2v) is 15.7. The quantitative estimate of drug-likeness (QED) is 0.149. The number of phenols is 1. The van der Waals surface area contributed by atoms with Gasteiger partial charge in [-0.3, -0.25) is 4.79 Å². The maximum atomic E-state index is 12.1. The number of aromatic nitrogens is 6.